The van der Waals surface area contributed by atoms with Crippen LogP contribution in [0.4, 0.5) is 0 Å². The molecule has 2 atom stereocenters. The van der Waals surface area contributed by atoms with E-state index in [0.717, 1.165) is 0 Å². The number of rotatable bonds is 4. The monoisotopic (exact) mass is 441 g/mol. The zero-order chi connectivity index (χ0) is 20.1. The molecule has 1 aliphatic rings. The summed E-state index contributed by atoms with van der Waals surface area (Å²) in [6, 6.07) is -1.59. The molecule has 2 amide bonds. The molecule has 0 unspecified atom stereocenters. The van der Waals surface area contributed by atoms with E-state index < -0.39 is 35.5 Å². The molecule has 2 rings (SSSR count). The van der Waals surface area contributed by atoms with Gasteiger partial charge in [-0.2, -0.15) is 0 Å². The number of halogens is 4. The topological polar surface area (TPSA) is 83.9 Å². The van der Waals surface area contributed by atoms with Crippen molar-refractivity contribution in [1.29, 1.82) is 0 Å². The highest BCUT2D eigenvalue weighted by Gasteiger charge is 2.49. The van der Waals surface area contributed by atoms with Gasteiger partial charge in [0.15, 0.2) is 6.04 Å². The maximum Gasteiger partial charge on any atom is 0.329 e. The summed E-state index contributed by atoms with van der Waals surface area (Å²) in [6.45, 7) is 6.62. The van der Waals surface area contributed by atoms with E-state index in [9.17, 15) is 19.5 Å². The number of amides is 2. The molecule has 0 fully saturated rings. The lowest BCUT2D eigenvalue weighted by molar-refractivity contribution is -0.151. The van der Waals surface area contributed by atoms with Gasteiger partial charge in [0.05, 0.1) is 42.9 Å². The van der Waals surface area contributed by atoms with Crippen LogP contribution in [0.2, 0.25) is 20.1 Å². The first-order chi connectivity index (χ1) is 11.8. The van der Waals surface area contributed by atoms with Gasteiger partial charge in [0, 0.05) is 0 Å². The number of carbonyl (C=O) groups is 3. The highest BCUT2D eigenvalue weighted by Crippen LogP contribution is 2.45. The molecule has 0 saturated carbocycles. The Bertz CT molecular complexity index is 771. The molecule has 6 nitrogen and oxygen atoms in total. The number of benzene rings is 1. The third-order valence-corrected chi connectivity index (χ3v) is 5.45. The summed E-state index contributed by atoms with van der Waals surface area (Å²) in [7, 11) is 0. The Morgan fingerprint density at radius 1 is 0.962 bits per heavy atom. The van der Waals surface area contributed by atoms with E-state index in [4.69, 9.17) is 51.1 Å². The lowest BCUT2D eigenvalue weighted by Crippen LogP contribution is -2.53. The quantitative estimate of drug-likeness (QED) is 0.420. The van der Waals surface area contributed by atoms with E-state index >= 15 is 0 Å². The lowest BCUT2D eigenvalue weighted by atomic mass is 10.1. The average Bonchev–Trinajstić information content (AvgIpc) is 2.74. The summed E-state index contributed by atoms with van der Waals surface area (Å²) in [5.41, 5.74) is -1.25. The number of hydrogen-bond donors (Lipinski definition) is 1. The largest absolute Gasteiger partial charge is 0.480 e. The van der Waals surface area contributed by atoms with E-state index in [1.54, 1.807) is 20.8 Å². The van der Waals surface area contributed by atoms with Gasteiger partial charge in [-0.15, -0.1) is 0 Å². The van der Waals surface area contributed by atoms with Crippen molar-refractivity contribution in [2.75, 3.05) is 0 Å². The second kappa shape index (κ2) is 7.17. The van der Waals surface area contributed by atoms with Gasteiger partial charge in [0.1, 0.15) is 0 Å². The Morgan fingerprint density at radius 3 is 1.65 bits per heavy atom. The number of ether oxygens (including phenoxy) is 1. The highest BCUT2D eigenvalue weighted by atomic mass is 35.5. The number of fused-ring (bicyclic) bond motifs is 1. The van der Waals surface area contributed by atoms with Crippen LogP contribution in [0.25, 0.3) is 0 Å². The number of nitrogens with zero attached hydrogens (tertiary/aromatic N) is 1. The molecule has 0 radical (unpaired) electrons. The van der Waals surface area contributed by atoms with Crippen LogP contribution in [-0.2, 0) is 9.53 Å². The van der Waals surface area contributed by atoms with Gasteiger partial charge in [-0.05, 0) is 27.7 Å². The van der Waals surface area contributed by atoms with Crippen LogP contribution >= 0.6 is 46.4 Å². The van der Waals surface area contributed by atoms with Crippen molar-refractivity contribution < 1.29 is 24.2 Å². The van der Waals surface area contributed by atoms with Crippen LogP contribution in [0.3, 0.4) is 0 Å². The normalized spacial score (nSPS) is 16.7. The Morgan fingerprint density at radius 2 is 1.35 bits per heavy atom. The van der Waals surface area contributed by atoms with Crippen LogP contribution in [-0.4, -0.2) is 45.5 Å². The minimum absolute atomic E-state index is 0.189. The predicted octanol–water partition coefficient (Wildman–Crippen LogP) is 4.55. The van der Waals surface area contributed by atoms with Gasteiger partial charge in [-0.1, -0.05) is 46.4 Å². The van der Waals surface area contributed by atoms with Crippen LogP contribution in [0.15, 0.2) is 0 Å². The summed E-state index contributed by atoms with van der Waals surface area (Å²) in [5, 5.41) is 8.72. The lowest BCUT2D eigenvalue weighted by Gasteiger charge is -2.32. The van der Waals surface area contributed by atoms with Crippen molar-refractivity contribution in [2.24, 2.45) is 0 Å². The number of imide groups is 1. The van der Waals surface area contributed by atoms with Crippen LogP contribution in [0.1, 0.15) is 48.4 Å². The smallest absolute Gasteiger partial charge is 0.329 e. The van der Waals surface area contributed by atoms with Gasteiger partial charge >= 0.3 is 5.97 Å². The molecule has 26 heavy (non-hydrogen) atoms. The number of carboxylic acids is 1. The molecular formula is C16H15Cl4NO5. The molecule has 1 heterocycles. The van der Waals surface area contributed by atoms with E-state index in [0.29, 0.717) is 4.90 Å². The van der Waals surface area contributed by atoms with Crippen LogP contribution in [0, 0.1) is 0 Å². The van der Waals surface area contributed by atoms with E-state index in [1.807, 2.05) is 0 Å². The first-order valence-corrected chi connectivity index (χ1v) is 8.95. The maximum absolute atomic E-state index is 12.8. The third kappa shape index (κ3) is 3.53. The van der Waals surface area contributed by atoms with Gasteiger partial charge in [-0.3, -0.25) is 14.5 Å². The van der Waals surface area contributed by atoms with Gasteiger partial charge in [0.2, 0.25) is 0 Å². The average molecular weight is 443 g/mol. The molecule has 1 N–H and O–H groups in total. The third-order valence-electron chi connectivity index (χ3n) is 3.65. The summed E-state index contributed by atoms with van der Waals surface area (Å²) >= 11 is 24.0. The van der Waals surface area contributed by atoms with E-state index in [2.05, 4.69) is 0 Å². The first-order valence-electron chi connectivity index (χ1n) is 7.44. The molecule has 0 aliphatic carbocycles. The van der Waals surface area contributed by atoms with Crippen molar-refractivity contribution >= 4 is 64.2 Å². The maximum atomic E-state index is 12.8. The second-order valence-electron chi connectivity index (χ2n) is 6.70. The fourth-order valence-electron chi connectivity index (χ4n) is 2.76. The Labute approximate surface area is 169 Å². The van der Waals surface area contributed by atoms with Gasteiger partial charge in [0.25, 0.3) is 11.8 Å². The van der Waals surface area contributed by atoms with E-state index in [1.165, 1.54) is 6.92 Å². The number of aliphatic carboxylic acids is 1. The standard InChI is InChI=1S/C16H15Cl4NO5/c1-5(26-16(2,3)4)12(15(24)25)21-13(22)6-7(14(21)23)9(18)11(20)10(19)8(6)17/h5,12H,1-4H3,(H,24,25)/t5-,12+/m1/s1. The minimum Gasteiger partial charge on any atom is -0.480 e. The van der Waals surface area contributed by atoms with Crippen LogP contribution in [0.5, 0.6) is 0 Å². The Balaban J connectivity index is 2.59. The number of hydrogen-bond acceptors (Lipinski definition) is 4. The predicted molar refractivity (Wildman–Crippen MR) is 98.7 cm³/mol. The molecule has 1 aromatic carbocycles. The van der Waals surface area contributed by atoms with Crippen molar-refractivity contribution in [2.45, 2.75) is 45.4 Å². The Hall–Kier alpha value is -1.05. The summed E-state index contributed by atoms with van der Waals surface area (Å²) in [6.07, 6.45) is -1.00. The van der Waals surface area contributed by atoms with Crippen LogP contribution < -0.4 is 0 Å². The van der Waals surface area contributed by atoms with Gasteiger partial charge < -0.3 is 9.84 Å². The molecule has 10 heteroatoms. The van der Waals surface area contributed by atoms with Crippen molar-refractivity contribution in [1.82, 2.24) is 4.90 Å². The molecular weight excluding hydrogens is 428 g/mol. The molecule has 0 saturated heterocycles. The molecule has 0 spiro atoms. The summed E-state index contributed by atoms with van der Waals surface area (Å²) in [5.74, 6) is -3.26. The molecule has 142 valence electrons. The zero-order valence-corrected chi connectivity index (χ0v) is 17.2. The summed E-state index contributed by atoms with van der Waals surface area (Å²) < 4.78 is 5.63. The first kappa shape index (κ1) is 21.3. The number of carboxylic acid groups (broad SMARTS) is 1. The minimum atomic E-state index is -1.59. The number of carbonyl (C=O) groups excluding carboxylic acids is 2. The molecule has 1 aliphatic heterocycles. The zero-order valence-electron chi connectivity index (χ0n) is 14.2. The highest BCUT2D eigenvalue weighted by molar-refractivity contribution is 6.55. The molecule has 0 bridgehead atoms. The SMILES string of the molecule is C[C@@H](OC(C)(C)C)[C@@H](C(=O)O)N1C(=O)c2c(Cl)c(Cl)c(Cl)c(Cl)c2C1=O. The van der Waals surface area contributed by atoms with Gasteiger partial charge in [-0.25, -0.2) is 4.79 Å². The summed E-state index contributed by atoms with van der Waals surface area (Å²) in [4.78, 5) is 38.0. The van der Waals surface area contributed by atoms with Crippen molar-refractivity contribution in [3.63, 3.8) is 0 Å². The fourth-order valence-corrected chi connectivity index (χ4v) is 3.78. The second-order valence-corrected chi connectivity index (χ2v) is 8.22. The molecule has 1 aromatic rings. The van der Waals surface area contributed by atoms with E-state index in [-0.39, 0.29) is 31.2 Å². The molecule has 0 aromatic heterocycles. The van der Waals surface area contributed by atoms with Crippen molar-refractivity contribution in [3.8, 4) is 0 Å². The Kier molecular flexibility index (Phi) is 5.86. The van der Waals surface area contributed by atoms with Crippen molar-refractivity contribution in [3.05, 3.63) is 31.2 Å². The fraction of sp³-hybridized carbons (Fsp3) is 0.438.